The van der Waals surface area contributed by atoms with E-state index < -0.39 is 0 Å². The number of rotatable bonds is 4. The van der Waals surface area contributed by atoms with Crippen molar-refractivity contribution in [2.24, 2.45) is 5.73 Å². The molecule has 0 heterocycles. The molecule has 0 saturated carbocycles. The summed E-state index contributed by atoms with van der Waals surface area (Å²) in [5, 5.41) is 0.766. The van der Waals surface area contributed by atoms with Crippen LogP contribution in [-0.2, 0) is 0 Å². The Labute approximate surface area is 97.0 Å². The maximum Gasteiger partial charge on any atom is 0.0494 e. The van der Waals surface area contributed by atoms with E-state index in [1.54, 1.807) is 0 Å². The predicted molar refractivity (Wildman–Crippen MR) is 66.1 cm³/mol. The summed E-state index contributed by atoms with van der Waals surface area (Å²) in [6.07, 6.45) is 0. The fourth-order valence-electron chi connectivity index (χ4n) is 1.85. The zero-order valence-corrected chi connectivity index (χ0v) is 10.3. The summed E-state index contributed by atoms with van der Waals surface area (Å²) < 4.78 is 0. The van der Waals surface area contributed by atoms with Gasteiger partial charge in [-0.2, -0.15) is 0 Å². The molecule has 1 aromatic carbocycles. The molecule has 2 N–H and O–H groups in total. The first-order valence-electron chi connectivity index (χ1n) is 5.27. The van der Waals surface area contributed by atoms with Crippen molar-refractivity contribution in [3.63, 3.8) is 0 Å². The second-order valence-electron chi connectivity index (χ2n) is 3.93. The Morgan fingerprint density at radius 1 is 1.47 bits per heavy atom. The molecule has 0 aliphatic heterocycles. The van der Waals surface area contributed by atoms with Gasteiger partial charge in [0.1, 0.15) is 0 Å². The Bertz CT molecular complexity index is 312. The normalized spacial score (nSPS) is 15.3. The number of halogens is 1. The van der Waals surface area contributed by atoms with Crippen molar-refractivity contribution < 1.29 is 0 Å². The molecule has 2 atom stereocenters. The summed E-state index contributed by atoms with van der Waals surface area (Å²) in [7, 11) is 2.08. The Morgan fingerprint density at radius 3 is 2.60 bits per heavy atom. The van der Waals surface area contributed by atoms with Gasteiger partial charge < -0.3 is 5.73 Å². The molecular formula is C12H19ClN2. The molecule has 0 radical (unpaired) electrons. The molecule has 0 spiro atoms. The molecule has 1 rings (SSSR count). The van der Waals surface area contributed by atoms with E-state index in [0.29, 0.717) is 0 Å². The zero-order chi connectivity index (χ0) is 11.4. The lowest BCUT2D eigenvalue weighted by Crippen LogP contribution is -2.37. The van der Waals surface area contributed by atoms with Crippen molar-refractivity contribution >= 4 is 11.6 Å². The fraction of sp³-hybridized carbons (Fsp3) is 0.500. The van der Waals surface area contributed by atoms with Crippen LogP contribution in [0.4, 0.5) is 0 Å². The van der Waals surface area contributed by atoms with E-state index >= 15 is 0 Å². The van der Waals surface area contributed by atoms with Gasteiger partial charge in [0.25, 0.3) is 0 Å². The fourth-order valence-corrected chi connectivity index (χ4v) is 2.05. The van der Waals surface area contributed by atoms with Gasteiger partial charge in [-0.15, -0.1) is 0 Å². The summed E-state index contributed by atoms with van der Waals surface area (Å²) in [4.78, 5) is 2.23. The van der Waals surface area contributed by atoms with Crippen LogP contribution in [0.2, 0.25) is 5.02 Å². The van der Waals surface area contributed by atoms with Crippen molar-refractivity contribution in [2.45, 2.75) is 25.9 Å². The molecular weight excluding hydrogens is 208 g/mol. The van der Waals surface area contributed by atoms with Gasteiger partial charge in [0.2, 0.25) is 0 Å². The van der Waals surface area contributed by atoms with Gasteiger partial charge in [-0.25, -0.2) is 0 Å². The highest BCUT2D eigenvalue weighted by Gasteiger charge is 2.19. The highest BCUT2D eigenvalue weighted by Crippen LogP contribution is 2.24. The molecule has 2 unspecified atom stereocenters. The monoisotopic (exact) mass is 226 g/mol. The predicted octanol–water partition coefficient (Wildman–Crippen LogP) is 2.68. The van der Waals surface area contributed by atoms with E-state index in [1.807, 2.05) is 25.1 Å². The number of hydrogen-bond donors (Lipinski definition) is 1. The standard InChI is InChI=1S/C12H19ClN2/c1-4-15(3)12(9(2)14)10-6-5-7-11(13)8-10/h5-9,12H,4,14H2,1-3H3. The van der Waals surface area contributed by atoms with Crippen LogP contribution in [0, 0.1) is 0 Å². The topological polar surface area (TPSA) is 29.3 Å². The molecule has 0 aliphatic carbocycles. The smallest absolute Gasteiger partial charge is 0.0494 e. The van der Waals surface area contributed by atoms with Crippen LogP contribution >= 0.6 is 11.6 Å². The van der Waals surface area contributed by atoms with E-state index in [1.165, 1.54) is 5.56 Å². The SMILES string of the molecule is CCN(C)C(c1cccc(Cl)c1)C(C)N. The van der Waals surface area contributed by atoms with Crippen LogP contribution < -0.4 is 5.73 Å². The quantitative estimate of drug-likeness (QED) is 0.856. The molecule has 1 aromatic rings. The Morgan fingerprint density at radius 2 is 2.13 bits per heavy atom. The molecule has 0 aliphatic rings. The largest absolute Gasteiger partial charge is 0.326 e. The van der Waals surface area contributed by atoms with Crippen LogP contribution in [0.1, 0.15) is 25.5 Å². The summed E-state index contributed by atoms with van der Waals surface area (Å²) in [5.41, 5.74) is 7.19. The first-order valence-corrected chi connectivity index (χ1v) is 5.65. The first kappa shape index (κ1) is 12.5. The van der Waals surface area contributed by atoms with E-state index in [2.05, 4.69) is 24.9 Å². The summed E-state index contributed by atoms with van der Waals surface area (Å²) in [6, 6.07) is 8.24. The second kappa shape index (κ2) is 5.50. The second-order valence-corrected chi connectivity index (χ2v) is 4.37. The van der Waals surface area contributed by atoms with Crippen molar-refractivity contribution in [3.8, 4) is 0 Å². The third-order valence-corrected chi connectivity index (χ3v) is 2.90. The first-order chi connectivity index (χ1) is 7.06. The van der Waals surface area contributed by atoms with E-state index in [-0.39, 0.29) is 12.1 Å². The average Bonchev–Trinajstić information content (AvgIpc) is 2.17. The van der Waals surface area contributed by atoms with Gasteiger partial charge in [-0.3, -0.25) is 4.90 Å². The Hall–Kier alpha value is -0.570. The molecule has 15 heavy (non-hydrogen) atoms. The molecule has 0 fully saturated rings. The molecule has 84 valence electrons. The lowest BCUT2D eigenvalue weighted by atomic mass is 10.00. The molecule has 0 bridgehead atoms. The van der Waals surface area contributed by atoms with Crippen LogP contribution in [0.25, 0.3) is 0 Å². The maximum absolute atomic E-state index is 6.01. The van der Waals surface area contributed by atoms with E-state index in [9.17, 15) is 0 Å². The molecule has 3 heteroatoms. The summed E-state index contributed by atoms with van der Waals surface area (Å²) in [6.45, 7) is 5.12. The zero-order valence-electron chi connectivity index (χ0n) is 9.57. The van der Waals surface area contributed by atoms with Crippen LogP contribution in [0.15, 0.2) is 24.3 Å². The Kier molecular flexibility index (Phi) is 4.58. The third kappa shape index (κ3) is 3.20. The molecule has 0 amide bonds. The maximum atomic E-state index is 6.01. The van der Waals surface area contributed by atoms with Crippen LogP contribution in [0.5, 0.6) is 0 Å². The van der Waals surface area contributed by atoms with Gasteiger partial charge in [0, 0.05) is 17.1 Å². The summed E-state index contributed by atoms with van der Waals surface area (Å²) in [5.74, 6) is 0. The van der Waals surface area contributed by atoms with Gasteiger partial charge in [0.05, 0.1) is 0 Å². The number of hydrogen-bond acceptors (Lipinski definition) is 2. The van der Waals surface area contributed by atoms with Crippen molar-refractivity contribution in [3.05, 3.63) is 34.9 Å². The number of benzene rings is 1. The minimum absolute atomic E-state index is 0.0911. The number of nitrogens with two attached hydrogens (primary N) is 1. The van der Waals surface area contributed by atoms with Crippen molar-refractivity contribution in [1.29, 1.82) is 0 Å². The number of likely N-dealkylation sites (N-methyl/N-ethyl adjacent to an activating group) is 1. The summed E-state index contributed by atoms with van der Waals surface area (Å²) >= 11 is 5.98. The number of nitrogens with zero attached hydrogens (tertiary/aromatic N) is 1. The Balaban J connectivity index is 2.99. The van der Waals surface area contributed by atoms with Crippen LogP contribution in [-0.4, -0.2) is 24.5 Å². The molecule has 0 saturated heterocycles. The lowest BCUT2D eigenvalue weighted by molar-refractivity contribution is 0.230. The van der Waals surface area contributed by atoms with Gasteiger partial charge >= 0.3 is 0 Å². The lowest BCUT2D eigenvalue weighted by Gasteiger charge is -2.30. The van der Waals surface area contributed by atoms with Crippen molar-refractivity contribution in [1.82, 2.24) is 4.90 Å². The molecule has 0 aromatic heterocycles. The van der Waals surface area contributed by atoms with E-state index in [4.69, 9.17) is 17.3 Å². The minimum Gasteiger partial charge on any atom is -0.326 e. The highest BCUT2D eigenvalue weighted by molar-refractivity contribution is 6.30. The minimum atomic E-state index is 0.0911. The van der Waals surface area contributed by atoms with Gasteiger partial charge in [-0.1, -0.05) is 30.7 Å². The van der Waals surface area contributed by atoms with Gasteiger partial charge in [-0.05, 0) is 38.2 Å². The van der Waals surface area contributed by atoms with Gasteiger partial charge in [0.15, 0.2) is 0 Å². The van der Waals surface area contributed by atoms with Crippen molar-refractivity contribution in [2.75, 3.05) is 13.6 Å². The third-order valence-electron chi connectivity index (χ3n) is 2.66. The van der Waals surface area contributed by atoms with E-state index in [0.717, 1.165) is 11.6 Å². The molecule has 2 nitrogen and oxygen atoms in total. The highest BCUT2D eigenvalue weighted by atomic mass is 35.5. The average molecular weight is 227 g/mol. The van der Waals surface area contributed by atoms with Crippen LogP contribution in [0.3, 0.4) is 0 Å².